The fourth-order valence-electron chi connectivity index (χ4n) is 2.55. The lowest BCUT2D eigenvalue weighted by atomic mass is 9.98. The second-order valence-corrected chi connectivity index (χ2v) is 6.12. The number of hydrogen-bond acceptors (Lipinski definition) is 13. The van der Waals surface area contributed by atoms with Gasteiger partial charge in [-0.15, -0.1) is 0 Å². The molecule has 2 saturated heterocycles. The van der Waals surface area contributed by atoms with Gasteiger partial charge in [0.25, 0.3) is 0 Å². The maximum atomic E-state index is 10.7. The fourth-order valence-corrected chi connectivity index (χ4v) is 2.55. The Morgan fingerprint density at radius 3 is 2.30 bits per heavy atom. The van der Waals surface area contributed by atoms with Crippen LogP contribution in [-0.2, 0) is 18.9 Å². The van der Waals surface area contributed by atoms with Crippen molar-refractivity contribution in [2.75, 3.05) is 20.4 Å². The van der Waals surface area contributed by atoms with E-state index in [0.29, 0.717) is 0 Å². The fraction of sp³-hybridized carbons (Fsp3) is 1.00. The normalized spacial score (nSPS) is 44.9. The summed E-state index contributed by atoms with van der Waals surface area (Å²) in [5.41, 5.74) is 0. The van der Waals surface area contributed by atoms with Crippen molar-refractivity contribution in [3.63, 3.8) is 0 Å². The second-order valence-electron chi connectivity index (χ2n) is 6.12. The maximum Gasteiger partial charge on any atom is 0.203 e. The third kappa shape index (κ3) is 5.27. The van der Waals surface area contributed by atoms with E-state index in [0.717, 1.165) is 7.05 Å². The molecule has 0 aliphatic carbocycles. The van der Waals surface area contributed by atoms with Crippen molar-refractivity contribution in [3.8, 4) is 0 Å². The van der Waals surface area contributed by atoms with E-state index in [-0.39, 0.29) is 11.5 Å². The first-order chi connectivity index (χ1) is 12.6. The third-order valence-corrected chi connectivity index (χ3v) is 4.11. The standard InChI is InChI=1S/C13H24N2O12/c1-15(23)14-3-25-13-9(21)6(18)7(19)10(26-13)11(22)27-12-8(20)5(17)4(16)2-24-12/h4-13,16-22H,2-3H2,1H3/t4-,5+,6+,7+,8-,9-,10+,11?,12+,13-/m1/s1. The average molecular weight is 400 g/mol. The summed E-state index contributed by atoms with van der Waals surface area (Å²) < 4.78 is 20.1. The minimum atomic E-state index is -1.99. The van der Waals surface area contributed by atoms with Crippen LogP contribution in [0, 0.1) is 5.21 Å². The minimum absolute atomic E-state index is 0.192. The van der Waals surface area contributed by atoms with Crippen molar-refractivity contribution in [2.45, 2.75) is 61.6 Å². The molecule has 7 N–H and O–H groups in total. The predicted molar refractivity (Wildman–Crippen MR) is 79.5 cm³/mol. The van der Waals surface area contributed by atoms with E-state index >= 15 is 0 Å². The van der Waals surface area contributed by atoms with E-state index < -0.39 is 68.3 Å². The highest BCUT2D eigenvalue weighted by molar-refractivity contribution is 4.91. The molecule has 14 heteroatoms. The molecule has 0 spiro atoms. The van der Waals surface area contributed by atoms with Crippen LogP contribution in [0.15, 0.2) is 5.11 Å². The van der Waals surface area contributed by atoms with Gasteiger partial charge in [-0.1, -0.05) is 4.86 Å². The summed E-state index contributed by atoms with van der Waals surface area (Å²) in [5.74, 6) is 0. The molecular weight excluding hydrogens is 376 g/mol. The summed E-state index contributed by atoms with van der Waals surface area (Å²) in [7, 11) is 1.08. The van der Waals surface area contributed by atoms with E-state index in [1.165, 1.54) is 0 Å². The van der Waals surface area contributed by atoms with Crippen LogP contribution in [0.2, 0.25) is 0 Å². The molecule has 0 amide bonds. The molecule has 10 atom stereocenters. The van der Waals surface area contributed by atoms with Crippen LogP contribution < -0.4 is 0 Å². The molecule has 2 heterocycles. The van der Waals surface area contributed by atoms with Gasteiger partial charge >= 0.3 is 0 Å². The Balaban J connectivity index is 2.00. The van der Waals surface area contributed by atoms with Gasteiger partial charge in [0, 0.05) is 0 Å². The van der Waals surface area contributed by atoms with E-state index in [2.05, 4.69) is 5.11 Å². The van der Waals surface area contributed by atoms with Crippen LogP contribution in [0.1, 0.15) is 0 Å². The van der Waals surface area contributed by atoms with Crippen LogP contribution in [0.4, 0.5) is 0 Å². The molecule has 2 aliphatic heterocycles. The zero-order valence-electron chi connectivity index (χ0n) is 14.3. The summed E-state index contributed by atoms with van der Waals surface area (Å²) in [5, 5.41) is 82.7. The Morgan fingerprint density at radius 2 is 1.67 bits per heavy atom. The van der Waals surface area contributed by atoms with Gasteiger partial charge in [0.1, 0.15) is 42.7 Å². The Labute approximate surface area is 153 Å². The number of hydrogen-bond donors (Lipinski definition) is 7. The number of rotatable bonds is 6. The predicted octanol–water partition coefficient (Wildman–Crippen LogP) is -4.87. The van der Waals surface area contributed by atoms with E-state index in [1.54, 1.807) is 0 Å². The lowest BCUT2D eigenvalue weighted by Crippen LogP contribution is -2.63. The van der Waals surface area contributed by atoms with Crippen LogP contribution in [0.3, 0.4) is 0 Å². The Kier molecular flexibility index (Phi) is 7.78. The van der Waals surface area contributed by atoms with Gasteiger partial charge in [-0.2, -0.15) is 0 Å². The molecule has 0 radical (unpaired) electrons. The number of aliphatic hydroxyl groups excluding tert-OH is 7. The quantitative estimate of drug-likeness (QED) is 0.0966. The molecule has 2 fully saturated rings. The first-order valence-corrected chi connectivity index (χ1v) is 8.02. The minimum Gasteiger partial charge on any atom is -0.600 e. The third-order valence-electron chi connectivity index (χ3n) is 4.11. The summed E-state index contributed by atoms with van der Waals surface area (Å²) in [6, 6.07) is 0. The summed E-state index contributed by atoms with van der Waals surface area (Å²) in [6.45, 7) is -0.927. The highest BCUT2D eigenvalue weighted by Crippen LogP contribution is 2.26. The summed E-state index contributed by atoms with van der Waals surface area (Å²) in [6.07, 6.45) is -16.8. The van der Waals surface area contributed by atoms with E-state index in [9.17, 15) is 41.0 Å². The van der Waals surface area contributed by atoms with Crippen LogP contribution in [0.25, 0.3) is 0 Å². The largest absolute Gasteiger partial charge is 0.600 e. The van der Waals surface area contributed by atoms with Crippen LogP contribution in [0.5, 0.6) is 0 Å². The van der Waals surface area contributed by atoms with Crippen molar-refractivity contribution in [1.29, 1.82) is 0 Å². The Bertz CT molecular complexity index is 506. The van der Waals surface area contributed by atoms with E-state index in [1.807, 2.05) is 0 Å². The second kappa shape index (κ2) is 9.44. The molecule has 0 saturated carbocycles. The van der Waals surface area contributed by atoms with Crippen LogP contribution in [-0.4, -0.2) is 123 Å². The van der Waals surface area contributed by atoms with Gasteiger partial charge in [-0.25, -0.2) is 0 Å². The molecule has 2 aliphatic rings. The number of aliphatic hydroxyl groups is 7. The molecule has 2 rings (SSSR count). The van der Waals surface area contributed by atoms with E-state index in [4.69, 9.17) is 18.9 Å². The van der Waals surface area contributed by atoms with Gasteiger partial charge in [-0.05, 0) is 5.11 Å². The Morgan fingerprint density at radius 1 is 1.04 bits per heavy atom. The van der Waals surface area contributed by atoms with Crippen molar-refractivity contribution in [3.05, 3.63) is 5.21 Å². The lowest BCUT2D eigenvalue weighted by molar-refractivity contribution is -0.505. The smallest absolute Gasteiger partial charge is 0.203 e. The zero-order chi connectivity index (χ0) is 20.3. The van der Waals surface area contributed by atoms with Gasteiger partial charge < -0.3 is 59.9 Å². The van der Waals surface area contributed by atoms with Crippen molar-refractivity contribution < 1.29 is 59.6 Å². The first kappa shape index (κ1) is 22.3. The van der Waals surface area contributed by atoms with Crippen molar-refractivity contribution in [1.82, 2.24) is 0 Å². The lowest BCUT2D eigenvalue weighted by Gasteiger charge is -2.42. The average Bonchev–Trinajstić information content (AvgIpc) is 2.61. The molecule has 0 bridgehead atoms. The number of hydroxylamine groups is 1. The topological polar surface area (TPSA) is 217 Å². The van der Waals surface area contributed by atoms with Crippen molar-refractivity contribution >= 4 is 0 Å². The molecular formula is C13H24N2O12. The van der Waals surface area contributed by atoms with Gasteiger partial charge in [0.2, 0.25) is 6.73 Å². The summed E-state index contributed by atoms with van der Waals surface area (Å²) in [4.78, 5) is 0.192. The Hall–Kier alpha value is -1.04. The number of azo groups is 1. The zero-order valence-corrected chi connectivity index (χ0v) is 14.3. The number of ether oxygens (including phenoxy) is 4. The molecule has 0 aromatic rings. The molecule has 14 nitrogen and oxygen atoms in total. The molecule has 0 aromatic heterocycles. The highest BCUT2D eigenvalue weighted by Gasteiger charge is 2.49. The van der Waals surface area contributed by atoms with Gasteiger partial charge in [0.05, 0.1) is 6.61 Å². The summed E-state index contributed by atoms with van der Waals surface area (Å²) >= 11 is 0. The molecule has 27 heavy (non-hydrogen) atoms. The monoisotopic (exact) mass is 400 g/mol. The molecule has 0 aromatic carbocycles. The SMILES string of the molecule is C[N+]([O-])=NCO[C@@H]1O[C@H](C(O)O[C@@H]2OC[C@@H](O)[C@H](O)[C@H]2O)[C@@H](O)[C@H](O)[C@H]1O. The molecule has 158 valence electrons. The van der Waals surface area contributed by atoms with Crippen LogP contribution >= 0.6 is 0 Å². The molecule has 1 unspecified atom stereocenters. The van der Waals surface area contributed by atoms with Gasteiger partial charge in [-0.3, -0.25) is 0 Å². The number of nitrogens with zero attached hydrogens (tertiary/aromatic N) is 2. The maximum absolute atomic E-state index is 10.7. The van der Waals surface area contributed by atoms with Crippen molar-refractivity contribution in [2.24, 2.45) is 5.11 Å². The highest BCUT2D eigenvalue weighted by atomic mass is 16.8. The van der Waals surface area contributed by atoms with Gasteiger partial charge in [0.15, 0.2) is 25.9 Å². The first-order valence-electron chi connectivity index (χ1n) is 8.02.